The van der Waals surface area contributed by atoms with Crippen molar-refractivity contribution in [1.82, 2.24) is 4.90 Å². The Kier molecular flexibility index (Phi) is 5.28. The molecule has 1 aromatic carbocycles. The highest BCUT2D eigenvalue weighted by molar-refractivity contribution is 9.10. The molecule has 1 aromatic rings. The van der Waals surface area contributed by atoms with Crippen LogP contribution in [0.5, 0.6) is 0 Å². The number of nitrogens with zero attached hydrogens (tertiary/aromatic N) is 1. The van der Waals surface area contributed by atoms with Gasteiger partial charge < -0.3 is 5.73 Å². The van der Waals surface area contributed by atoms with Crippen molar-refractivity contribution in [2.45, 2.75) is 39.7 Å². The standard InChI is InChI=1S/C16H25BrN2/c1-12(2)14-4-3-8-19(9-7-14)11-13-5-6-16(18)15(17)10-13/h5-6,10,12,14H,3-4,7-9,11,18H2,1-2H3. The molecule has 106 valence electrons. The molecule has 2 nitrogen and oxygen atoms in total. The summed E-state index contributed by atoms with van der Waals surface area (Å²) in [4.78, 5) is 2.58. The van der Waals surface area contributed by atoms with E-state index in [9.17, 15) is 0 Å². The average molecular weight is 325 g/mol. The maximum Gasteiger partial charge on any atom is 0.0458 e. The number of rotatable bonds is 3. The summed E-state index contributed by atoms with van der Waals surface area (Å²) in [5, 5.41) is 0. The lowest BCUT2D eigenvalue weighted by atomic mass is 9.89. The molecule has 1 aliphatic rings. The largest absolute Gasteiger partial charge is 0.398 e. The number of benzene rings is 1. The number of halogens is 1. The molecule has 0 aliphatic carbocycles. The summed E-state index contributed by atoms with van der Waals surface area (Å²) in [6.45, 7) is 8.22. The Bertz CT molecular complexity index is 417. The second-order valence-electron chi connectivity index (χ2n) is 6.07. The third-order valence-corrected chi connectivity index (χ3v) is 4.97. The molecule has 0 saturated carbocycles. The van der Waals surface area contributed by atoms with Crippen LogP contribution < -0.4 is 5.73 Å². The van der Waals surface area contributed by atoms with Gasteiger partial charge in [-0.2, -0.15) is 0 Å². The van der Waals surface area contributed by atoms with Gasteiger partial charge in [0.25, 0.3) is 0 Å². The first-order chi connectivity index (χ1) is 9.06. The fourth-order valence-corrected chi connectivity index (χ4v) is 3.36. The van der Waals surface area contributed by atoms with Gasteiger partial charge in [0.15, 0.2) is 0 Å². The second-order valence-corrected chi connectivity index (χ2v) is 6.92. The zero-order valence-corrected chi connectivity index (χ0v) is 13.6. The van der Waals surface area contributed by atoms with E-state index in [1.165, 1.54) is 37.9 Å². The van der Waals surface area contributed by atoms with E-state index in [0.717, 1.165) is 28.5 Å². The summed E-state index contributed by atoms with van der Waals surface area (Å²) >= 11 is 3.51. The Labute approximate surface area is 125 Å². The number of likely N-dealkylation sites (tertiary alicyclic amines) is 1. The molecule has 1 heterocycles. The Morgan fingerprint density at radius 3 is 2.79 bits per heavy atom. The maximum atomic E-state index is 5.84. The summed E-state index contributed by atoms with van der Waals surface area (Å²) in [5.41, 5.74) is 8.01. The van der Waals surface area contributed by atoms with Gasteiger partial charge in [-0.1, -0.05) is 19.9 Å². The van der Waals surface area contributed by atoms with Crippen molar-refractivity contribution in [2.24, 2.45) is 11.8 Å². The van der Waals surface area contributed by atoms with Crippen molar-refractivity contribution < 1.29 is 0 Å². The molecule has 0 spiro atoms. The van der Waals surface area contributed by atoms with Crippen LogP contribution in [0.2, 0.25) is 0 Å². The number of anilines is 1. The van der Waals surface area contributed by atoms with Crippen LogP contribution in [0, 0.1) is 11.8 Å². The quantitative estimate of drug-likeness (QED) is 0.840. The van der Waals surface area contributed by atoms with Gasteiger partial charge in [-0.15, -0.1) is 0 Å². The van der Waals surface area contributed by atoms with Crippen LogP contribution >= 0.6 is 15.9 Å². The fourth-order valence-electron chi connectivity index (χ4n) is 2.93. The summed E-state index contributed by atoms with van der Waals surface area (Å²) in [7, 11) is 0. The molecule has 2 rings (SSSR count). The van der Waals surface area contributed by atoms with E-state index in [2.05, 4.69) is 46.8 Å². The predicted octanol–water partition coefficient (Wildman–Crippen LogP) is 4.29. The molecule has 0 aromatic heterocycles. The van der Waals surface area contributed by atoms with Crippen molar-refractivity contribution in [3.8, 4) is 0 Å². The van der Waals surface area contributed by atoms with E-state index < -0.39 is 0 Å². The van der Waals surface area contributed by atoms with Gasteiger partial charge >= 0.3 is 0 Å². The Morgan fingerprint density at radius 1 is 1.32 bits per heavy atom. The van der Waals surface area contributed by atoms with Crippen LogP contribution in [0.3, 0.4) is 0 Å². The highest BCUT2D eigenvalue weighted by Gasteiger charge is 2.19. The third kappa shape index (κ3) is 4.22. The zero-order chi connectivity index (χ0) is 13.8. The fraction of sp³-hybridized carbons (Fsp3) is 0.625. The van der Waals surface area contributed by atoms with E-state index in [0.29, 0.717) is 0 Å². The first-order valence-corrected chi connectivity index (χ1v) is 8.12. The molecule has 1 atom stereocenters. The molecule has 0 bridgehead atoms. The van der Waals surface area contributed by atoms with E-state index in [1.807, 2.05) is 6.07 Å². The minimum atomic E-state index is 0.819. The molecule has 1 saturated heterocycles. The summed E-state index contributed by atoms with van der Waals surface area (Å²) < 4.78 is 1.01. The Balaban J connectivity index is 1.94. The highest BCUT2D eigenvalue weighted by atomic mass is 79.9. The normalized spacial score (nSPS) is 21.6. The molecule has 0 amide bonds. The minimum absolute atomic E-state index is 0.819. The molecule has 1 aliphatic heterocycles. The summed E-state index contributed by atoms with van der Waals surface area (Å²) in [6.07, 6.45) is 4.06. The van der Waals surface area contributed by atoms with Crippen LogP contribution in [0.1, 0.15) is 38.7 Å². The van der Waals surface area contributed by atoms with Gasteiger partial charge in [0.1, 0.15) is 0 Å². The lowest BCUT2D eigenvalue weighted by Gasteiger charge is -2.21. The van der Waals surface area contributed by atoms with Crippen molar-refractivity contribution in [2.75, 3.05) is 18.8 Å². The minimum Gasteiger partial charge on any atom is -0.398 e. The molecule has 3 heteroatoms. The van der Waals surface area contributed by atoms with Crippen molar-refractivity contribution in [3.63, 3.8) is 0 Å². The molecule has 2 N–H and O–H groups in total. The van der Waals surface area contributed by atoms with Crippen LogP contribution in [0.4, 0.5) is 5.69 Å². The number of hydrogen-bond donors (Lipinski definition) is 1. The number of hydrogen-bond acceptors (Lipinski definition) is 2. The molecular weight excluding hydrogens is 300 g/mol. The smallest absolute Gasteiger partial charge is 0.0458 e. The number of nitrogens with two attached hydrogens (primary N) is 1. The SMILES string of the molecule is CC(C)C1CCCN(Cc2ccc(N)c(Br)c2)CC1. The van der Waals surface area contributed by atoms with Crippen molar-refractivity contribution in [3.05, 3.63) is 28.2 Å². The van der Waals surface area contributed by atoms with E-state index >= 15 is 0 Å². The van der Waals surface area contributed by atoms with E-state index in [4.69, 9.17) is 5.73 Å². The monoisotopic (exact) mass is 324 g/mol. The molecule has 1 unspecified atom stereocenters. The van der Waals surface area contributed by atoms with Gasteiger partial charge in [0.05, 0.1) is 0 Å². The number of nitrogen functional groups attached to an aromatic ring is 1. The highest BCUT2D eigenvalue weighted by Crippen LogP contribution is 2.26. The Morgan fingerprint density at radius 2 is 2.11 bits per heavy atom. The van der Waals surface area contributed by atoms with Gasteiger partial charge in [-0.25, -0.2) is 0 Å². The van der Waals surface area contributed by atoms with Gasteiger partial charge in [-0.05, 0) is 77.8 Å². The van der Waals surface area contributed by atoms with Gasteiger partial charge in [0.2, 0.25) is 0 Å². The summed E-state index contributed by atoms with van der Waals surface area (Å²) in [5.74, 6) is 1.73. The zero-order valence-electron chi connectivity index (χ0n) is 12.0. The average Bonchev–Trinajstić information content (AvgIpc) is 2.59. The molecule has 1 fully saturated rings. The van der Waals surface area contributed by atoms with Gasteiger partial charge in [0, 0.05) is 16.7 Å². The van der Waals surface area contributed by atoms with Gasteiger partial charge in [-0.3, -0.25) is 4.90 Å². The first-order valence-electron chi connectivity index (χ1n) is 7.32. The molecule has 19 heavy (non-hydrogen) atoms. The van der Waals surface area contributed by atoms with Crippen LogP contribution in [-0.4, -0.2) is 18.0 Å². The third-order valence-electron chi connectivity index (χ3n) is 4.28. The lowest BCUT2D eigenvalue weighted by molar-refractivity contribution is 0.265. The predicted molar refractivity (Wildman–Crippen MR) is 86.0 cm³/mol. The second kappa shape index (κ2) is 6.76. The first kappa shape index (κ1) is 14.9. The molecule has 0 radical (unpaired) electrons. The maximum absolute atomic E-state index is 5.84. The van der Waals surface area contributed by atoms with Crippen LogP contribution in [-0.2, 0) is 6.54 Å². The lowest BCUT2D eigenvalue weighted by Crippen LogP contribution is -2.24. The van der Waals surface area contributed by atoms with E-state index in [-0.39, 0.29) is 0 Å². The summed E-state index contributed by atoms with van der Waals surface area (Å²) in [6, 6.07) is 6.29. The van der Waals surface area contributed by atoms with Crippen molar-refractivity contribution >= 4 is 21.6 Å². The van der Waals surface area contributed by atoms with Crippen LogP contribution in [0.25, 0.3) is 0 Å². The molecular formula is C16H25BrN2. The van der Waals surface area contributed by atoms with Crippen LogP contribution in [0.15, 0.2) is 22.7 Å². The Hall–Kier alpha value is -0.540. The van der Waals surface area contributed by atoms with Crippen molar-refractivity contribution in [1.29, 1.82) is 0 Å². The van der Waals surface area contributed by atoms with E-state index in [1.54, 1.807) is 0 Å². The topological polar surface area (TPSA) is 29.3 Å².